The number of piperidine rings is 1. The summed E-state index contributed by atoms with van der Waals surface area (Å²) >= 11 is 0. The summed E-state index contributed by atoms with van der Waals surface area (Å²) in [6, 6.07) is 0.555. The van der Waals surface area contributed by atoms with Gasteiger partial charge in [0, 0.05) is 37.7 Å². The number of carbonyl (C=O) groups is 1. The minimum atomic E-state index is -0.157. The first-order chi connectivity index (χ1) is 11.5. The lowest BCUT2D eigenvalue weighted by Crippen LogP contribution is -2.33. The van der Waals surface area contributed by atoms with Crippen LogP contribution in [0.2, 0.25) is 0 Å². The molecule has 2 aliphatic carbocycles. The Morgan fingerprint density at radius 2 is 2.04 bits per heavy atom. The number of rotatable bonds is 3. The lowest BCUT2D eigenvalue weighted by molar-refractivity contribution is 0.0123. The Bertz CT molecular complexity index is 706. The summed E-state index contributed by atoms with van der Waals surface area (Å²) in [6.07, 6.45) is 8.38. The number of oxime groups is 1. The Hall–Kier alpha value is -1.85. The SMILES string of the molecule is CC1(C)CC(C2[C@@H]3CN(C(=O)c4cn(C5CCC5)cn4)C[C@@H]23)=NO1. The third kappa shape index (κ3) is 2.19. The number of imidazole rings is 1. The molecule has 4 aliphatic rings. The molecule has 2 aliphatic heterocycles. The maximum Gasteiger partial charge on any atom is 0.274 e. The molecule has 0 spiro atoms. The van der Waals surface area contributed by atoms with E-state index >= 15 is 0 Å². The van der Waals surface area contributed by atoms with E-state index in [1.165, 1.54) is 25.0 Å². The summed E-state index contributed by atoms with van der Waals surface area (Å²) in [7, 11) is 0. The van der Waals surface area contributed by atoms with Gasteiger partial charge in [0.2, 0.25) is 0 Å². The number of nitrogens with zero attached hydrogens (tertiary/aromatic N) is 4. The molecule has 6 nitrogen and oxygen atoms in total. The van der Waals surface area contributed by atoms with Gasteiger partial charge in [0.05, 0.1) is 12.0 Å². The zero-order chi connectivity index (χ0) is 16.5. The minimum Gasteiger partial charge on any atom is -0.389 e. The average Bonchev–Trinajstić information content (AvgIpc) is 2.94. The van der Waals surface area contributed by atoms with Gasteiger partial charge in [-0.25, -0.2) is 4.98 Å². The molecule has 2 atom stereocenters. The van der Waals surface area contributed by atoms with Crippen molar-refractivity contribution in [3.05, 3.63) is 18.2 Å². The van der Waals surface area contributed by atoms with Crippen LogP contribution in [0.1, 0.15) is 56.1 Å². The molecule has 1 aromatic rings. The molecular formula is C18H24N4O2. The maximum atomic E-state index is 12.7. The van der Waals surface area contributed by atoms with Crippen LogP contribution in [-0.4, -0.2) is 44.8 Å². The van der Waals surface area contributed by atoms with Crippen molar-refractivity contribution in [1.29, 1.82) is 0 Å². The van der Waals surface area contributed by atoms with Crippen LogP contribution in [0.4, 0.5) is 0 Å². The standard InChI is InChI=1S/C18H24N4O2/c1-18(2)6-14(20-24-18)16-12-7-21(8-13(12)16)17(23)15-9-22(10-19-15)11-4-3-5-11/h9-13,16H,3-8H2,1-2H3/t12-,13-/m1/s1. The van der Waals surface area contributed by atoms with Crippen LogP contribution < -0.4 is 0 Å². The van der Waals surface area contributed by atoms with E-state index in [1.54, 1.807) is 0 Å². The van der Waals surface area contributed by atoms with E-state index in [1.807, 2.05) is 17.4 Å². The fourth-order valence-electron chi connectivity index (χ4n) is 4.54. The Morgan fingerprint density at radius 1 is 1.29 bits per heavy atom. The number of likely N-dealkylation sites (tertiary alicyclic amines) is 1. The molecule has 3 heterocycles. The molecule has 24 heavy (non-hydrogen) atoms. The van der Waals surface area contributed by atoms with Gasteiger partial charge in [0.1, 0.15) is 11.3 Å². The first kappa shape index (κ1) is 14.5. The Balaban J connectivity index is 1.21. The number of carbonyl (C=O) groups excluding carboxylic acids is 1. The molecule has 0 N–H and O–H groups in total. The van der Waals surface area contributed by atoms with Crippen LogP contribution in [0, 0.1) is 17.8 Å². The molecule has 1 amide bonds. The van der Waals surface area contributed by atoms with E-state index in [0.29, 0.717) is 29.5 Å². The predicted octanol–water partition coefficient (Wildman–Crippen LogP) is 2.48. The second-order valence-corrected chi connectivity index (χ2v) is 8.46. The number of aromatic nitrogens is 2. The summed E-state index contributed by atoms with van der Waals surface area (Å²) < 4.78 is 2.11. The fourth-order valence-corrected chi connectivity index (χ4v) is 4.54. The van der Waals surface area contributed by atoms with Crippen LogP contribution in [0.3, 0.4) is 0 Å². The first-order valence-corrected chi connectivity index (χ1v) is 9.09. The highest BCUT2D eigenvalue weighted by atomic mass is 16.7. The van der Waals surface area contributed by atoms with Crippen molar-refractivity contribution in [2.45, 2.75) is 51.2 Å². The Kier molecular flexibility index (Phi) is 2.92. The quantitative estimate of drug-likeness (QED) is 0.856. The molecular weight excluding hydrogens is 304 g/mol. The van der Waals surface area contributed by atoms with E-state index < -0.39 is 0 Å². The zero-order valence-corrected chi connectivity index (χ0v) is 14.3. The van der Waals surface area contributed by atoms with Gasteiger partial charge in [-0.2, -0.15) is 0 Å². The molecule has 0 radical (unpaired) electrons. The van der Waals surface area contributed by atoms with Gasteiger partial charge < -0.3 is 14.3 Å². The van der Waals surface area contributed by atoms with Gasteiger partial charge in [-0.05, 0) is 44.9 Å². The number of hydrogen-bond donors (Lipinski definition) is 0. The lowest BCUT2D eigenvalue weighted by atomic mass is 9.93. The second-order valence-electron chi connectivity index (χ2n) is 8.46. The highest BCUT2D eigenvalue weighted by Crippen LogP contribution is 2.54. The molecule has 0 unspecified atom stereocenters. The molecule has 5 rings (SSSR count). The summed E-state index contributed by atoms with van der Waals surface area (Å²) in [5.74, 6) is 1.75. The summed E-state index contributed by atoms with van der Waals surface area (Å²) in [6.45, 7) is 5.83. The summed E-state index contributed by atoms with van der Waals surface area (Å²) in [4.78, 5) is 24.5. The molecule has 0 aromatic carbocycles. The smallest absolute Gasteiger partial charge is 0.274 e. The number of hydrogen-bond acceptors (Lipinski definition) is 4. The van der Waals surface area contributed by atoms with Gasteiger partial charge in [0.25, 0.3) is 5.91 Å². The fraction of sp³-hybridized carbons (Fsp3) is 0.722. The van der Waals surface area contributed by atoms with Crippen molar-refractivity contribution >= 4 is 11.6 Å². The molecule has 128 valence electrons. The minimum absolute atomic E-state index is 0.0870. The van der Waals surface area contributed by atoms with Gasteiger partial charge >= 0.3 is 0 Å². The van der Waals surface area contributed by atoms with Crippen molar-refractivity contribution in [2.24, 2.45) is 22.9 Å². The lowest BCUT2D eigenvalue weighted by Gasteiger charge is -2.26. The van der Waals surface area contributed by atoms with Crippen molar-refractivity contribution in [3.63, 3.8) is 0 Å². The van der Waals surface area contributed by atoms with Crippen LogP contribution in [0.5, 0.6) is 0 Å². The highest BCUT2D eigenvalue weighted by Gasteiger charge is 2.60. The van der Waals surface area contributed by atoms with Crippen molar-refractivity contribution in [1.82, 2.24) is 14.5 Å². The van der Waals surface area contributed by atoms with Crippen molar-refractivity contribution in [3.8, 4) is 0 Å². The normalized spacial score (nSPS) is 33.7. The largest absolute Gasteiger partial charge is 0.389 e. The highest BCUT2D eigenvalue weighted by molar-refractivity contribution is 5.94. The molecule has 6 heteroatoms. The topological polar surface area (TPSA) is 59.7 Å². The average molecular weight is 328 g/mol. The van der Waals surface area contributed by atoms with E-state index in [-0.39, 0.29) is 11.5 Å². The van der Waals surface area contributed by atoms with Crippen molar-refractivity contribution < 1.29 is 9.63 Å². The van der Waals surface area contributed by atoms with Crippen LogP contribution in [-0.2, 0) is 4.84 Å². The van der Waals surface area contributed by atoms with Gasteiger partial charge in [-0.1, -0.05) is 5.16 Å². The third-order valence-electron chi connectivity index (χ3n) is 6.20. The maximum absolute atomic E-state index is 12.7. The van der Waals surface area contributed by atoms with Gasteiger partial charge in [-0.15, -0.1) is 0 Å². The van der Waals surface area contributed by atoms with E-state index in [0.717, 1.165) is 19.5 Å². The number of fused-ring (bicyclic) bond motifs is 1. The summed E-state index contributed by atoms with van der Waals surface area (Å²) in [5.41, 5.74) is 1.65. The molecule has 1 saturated heterocycles. The van der Waals surface area contributed by atoms with E-state index in [2.05, 4.69) is 28.6 Å². The van der Waals surface area contributed by atoms with E-state index in [4.69, 9.17) is 4.84 Å². The number of amides is 1. The predicted molar refractivity (Wildman–Crippen MR) is 88.7 cm³/mol. The van der Waals surface area contributed by atoms with Crippen LogP contribution >= 0.6 is 0 Å². The summed E-state index contributed by atoms with van der Waals surface area (Å²) in [5, 5.41) is 4.30. The molecule has 3 fully saturated rings. The Morgan fingerprint density at radius 3 is 2.62 bits per heavy atom. The Labute approximate surface area is 141 Å². The van der Waals surface area contributed by atoms with Gasteiger partial charge in [-0.3, -0.25) is 4.79 Å². The molecule has 2 saturated carbocycles. The third-order valence-corrected chi connectivity index (χ3v) is 6.20. The molecule has 0 bridgehead atoms. The van der Waals surface area contributed by atoms with E-state index in [9.17, 15) is 4.79 Å². The van der Waals surface area contributed by atoms with Crippen molar-refractivity contribution in [2.75, 3.05) is 13.1 Å². The second kappa shape index (κ2) is 4.83. The van der Waals surface area contributed by atoms with Crippen LogP contribution in [0.25, 0.3) is 0 Å². The van der Waals surface area contributed by atoms with Crippen LogP contribution in [0.15, 0.2) is 17.7 Å². The molecule has 1 aromatic heterocycles. The van der Waals surface area contributed by atoms with Gasteiger partial charge in [0.15, 0.2) is 0 Å². The monoisotopic (exact) mass is 328 g/mol. The zero-order valence-electron chi connectivity index (χ0n) is 14.3. The first-order valence-electron chi connectivity index (χ1n) is 9.09.